The van der Waals surface area contributed by atoms with Crippen LogP contribution in [0.25, 0.3) is 0 Å². The molecule has 2 aliphatic carbocycles. The highest BCUT2D eigenvalue weighted by molar-refractivity contribution is 5.26. The van der Waals surface area contributed by atoms with Gasteiger partial charge in [0.1, 0.15) is 0 Å². The van der Waals surface area contributed by atoms with Gasteiger partial charge in [0.2, 0.25) is 0 Å². The van der Waals surface area contributed by atoms with E-state index in [0.29, 0.717) is 11.3 Å². The van der Waals surface area contributed by atoms with Gasteiger partial charge < -0.3 is 5.11 Å². The molecule has 17 heavy (non-hydrogen) atoms. The van der Waals surface area contributed by atoms with Gasteiger partial charge in [0, 0.05) is 0 Å². The molecule has 2 aliphatic rings. The third-order valence-corrected chi connectivity index (χ3v) is 5.02. The predicted octanol–water partition coefficient (Wildman–Crippen LogP) is 4.70. The van der Waals surface area contributed by atoms with Crippen LogP contribution in [0.2, 0.25) is 0 Å². The van der Waals surface area contributed by atoms with Gasteiger partial charge in [-0.05, 0) is 70.6 Å². The molecule has 1 fully saturated rings. The van der Waals surface area contributed by atoms with E-state index in [2.05, 4.69) is 13.8 Å². The van der Waals surface area contributed by atoms with Crippen LogP contribution in [0.15, 0.2) is 11.1 Å². The van der Waals surface area contributed by atoms with Crippen LogP contribution in [0.3, 0.4) is 0 Å². The number of hydrogen-bond acceptors (Lipinski definition) is 1. The van der Waals surface area contributed by atoms with Gasteiger partial charge in [0.15, 0.2) is 0 Å². The predicted molar refractivity (Wildman–Crippen MR) is 75.0 cm³/mol. The normalized spacial score (nSPS) is 34.1. The Morgan fingerprint density at radius 1 is 1.29 bits per heavy atom. The van der Waals surface area contributed by atoms with E-state index in [0.717, 1.165) is 6.42 Å². The zero-order valence-corrected chi connectivity index (χ0v) is 11.3. The summed E-state index contributed by atoms with van der Waals surface area (Å²) in [4.78, 5) is 0. The Kier molecular flexibility index (Phi) is 4.13. The van der Waals surface area contributed by atoms with Gasteiger partial charge in [-0.2, -0.15) is 0 Å². The maximum atomic E-state index is 10.2. The zero-order chi connectivity index (χ0) is 12.0. The molecule has 0 aromatic carbocycles. The highest BCUT2D eigenvalue weighted by Gasteiger charge is 2.41. The highest BCUT2D eigenvalue weighted by Crippen LogP contribution is 2.52. The van der Waals surface area contributed by atoms with Crippen molar-refractivity contribution in [2.24, 2.45) is 11.3 Å². The lowest BCUT2D eigenvalue weighted by Gasteiger charge is -2.46. The lowest BCUT2D eigenvalue weighted by atomic mass is 9.60. The van der Waals surface area contributed by atoms with Crippen LogP contribution in [-0.2, 0) is 0 Å². The number of fused-ring (bicyclic) bond motifs is 1. The molecule has 0 unspecified atom stereocenters. The third kappa shape index (κ3) is 2.76. The summed E-state index contributed by atoms with van der Waals surface area (Å²) >= 11 is 0. The number of hydrogen-bond donors (Lipinski definition) is 1. The topological polar surface area (TPSA) is 20.2 Å². The fourth-order valence-electron chi connectivity index (χ4n) is 3.70. The average Bonchev–Trinajstić information content (AvgIpc) is 2.15. The Hall–Kier alpha value is -0.300. The molecular formula is C16H30O. The highest BCUT2D eigenvalue weighted by atomic mass is 16.3. The molecule has 0 aromatic heterocycles. The molecule has 1 heteroatoms. The van der Waals surface area contributed by atoms with E-state index in [9.17, 15) is 5.11 Å². The van der Waals surface area contributed by atoms with Gasteiger partial charge in [-0.3, -0.25) is 0 Å². The number of aliphatic hydroxyl groups is 1. The van der Waals surface area contributed by atoms with Crippen LogP contribution in [0.5, 0.6) is 0 Å². The Bertz CT molecular complexity index is 308. The first-order valence-electron chi connectivity index (χ1n) is 6.74. The molecule has 0 radical (unpaired) electrons. The monoisotopic (exact) mass is 238 g/mol. The molecular weight excluding hydrogens is 208 g/mol. The van der Waals surface area contributed by atoms with Crippen molar-refractivity contribution in [2.75, 3.05) is 0 Å². The second-order valence-corrected chi connectivity index (χ2v) is 6.77. The number of rotatable bonds is 1. The minimum Gasteiger partial charge on any atom is -0.390 e. The molecule has 0 saturated heterocycles. The van der Waals surface area contributed by atoms with E-state index < -0.39 is 5.60 Å². The van der Waals surface area contributed by atoms with Gasteiger partial charge in [0.25, 0.3) is 0 Å². The Balaban J connectivity index is 0.00000144. The van der Waals surface area contributed by atoms with Gasteiger partial charge >= 0.3 is 0 Å². The lowest BCUT2D eigenvalue weighted by Crippen LogP contribution is -2.39. The molecule has 0 aromatic rings. The average molecular weight is 238 g/mol. The Morgan fingerprint density at radius 3 is 2.53 bits per heavy atom. The van der Waals surface area contributed by atoms with Crippen LogP contribution < -0.4 is 0 Å². The van der Waals surface area contributed by atoms with E-state index in [1.807, 2.05) is 13.8 Å². The number of allylic oxidation sites excluding steroid dienone is 2. The molecule has 1 saturated carbocycles. The van der Waals surface area contributed by atoms with E-state index in [4.69, 9.17) is 0 Å². The minimum atomic E-state index is -0.508. The maximum absolute atomic E-state index is 10.2. The quantitative estimate of drug-likeness (QED) is 0.656. The van der Waals surface area contributed by atoms with Crippen LogP contribution >= 0.6 is 0 Å². The zero-order valence-electron chi connectivity index (χ0n) is 11.3. The molecule has 0 bridgehead atoms. The largest absolute Gasteiger partial charge is 0.390 e. The summed E-state index contributed by atoms with van der Waals surface area (Å²) in [6.07, 6.45) is 7.59. The lowest BCUT2D eigenvalue weighted by molar-refractivity contribution is -0.00453. The first-order valence-corrected chi connectivity index (χ1v) is 6.74. The van der Waals surface area contributed by atoms with Crippen molar-refractivity contribution in [1.82, 2.24) is 0 Å². The van der Waals surface area contributed by atoms with E-state index >= 15 is 0 Å². The van der Waals surface area contributed by atoms with Crippen molar-refractivity contribution in [3.05, 3.63) is 11.1 Å². The minimum absolute atomic E-state index is 0. The summed E-state index contributed by atoms with van der Waals surface area (Å²) < 4.78 is 0. The van der Waals surface area contributed by atoms with Gasteiger partial charge in [0.05, 0.1) is 5.60 Å². The second-order valence-electron chi connectivity index (χ2n) is 6.77. The van der Waals surface area contributed by atoms with Gasteiger partial charge in [-0.1, -0.05) is 25.5 Å². The molecule has 2 atom stereocenters. The summed E-state index contributed by atoms with van der Waals surface area (Å²) in [6, 6.07) is 0. The smallest absolute Gasteiger partial charge is 0.0622 e. The summed E-state index contributed by atoms with van der Waals surface area (Å²) in [5, 5.41) is 10.2. The van der Waals surface area contributed by atoms with Crippen LogP contribution in [0.4, 0.5) is 0 Å². The summed E-state index contributed by atoms with van der Waals surface area (Å²) in [5.74, 6) is 0.462. The molecule has 0 spiro atoms. The molecule has 1 N–H and O–H groups in total. The third-order valence-electron chi connectivity index (χ3n) is 5.02. The second kappa shape index (κ2) is 4.76. The van der Waals surface area contributed by atoms with Crippen LogP contribution in [-0.4, -0.2) is 10.7 Å². The fourth-order valence-corrected chi connectivity index (χ4v) is 3.70. The standard InChI is InChI=1S/C15H26O.CH4/c1-11-6-5-8-15(4)9-7-12(10-13(11)15)14(2,3)16;/h12,16H,5-10H2,1-4H3;1H4/t12-,15-;/m1./s1. The van der Waals surface area contributed by atoms with E-state index in [1.165, 1.54) is 32.1 Å². The summed E-state index contributed by atoms with van der Waals surface area (Å²) in [7, 11) is 0. The van der Waals surface area contributed by atoms with Gasteiger partial charge in [-0.15, -0.1) is 0 Å². The molecule has 2 rings (SSSR count). The fraction of sp³-hybridized carbons (Fsp3) is 0.875. The molecule has 0 aliphatic heterocycles. The SMILES string of the molecule is C.CC1=C2C[C@H](C(C)(C)O)CC[C@@]2(C)CCC1. The van der Waals surface area contributed by atoms with Crippen molar-refractivity contribution in [3.63, 3.8) is 0 Å². The summed E-state index contributed by atoms with van der Waals surface area (Å²) in [5.41, 5.74) is 3.25. The van der Waals surface area contributed by atoms with Crippen molar-refractivity contribution >= 4 is 0 Å². The molecule has 0 heterocycles. The molecule has 0 amide bonds. The maximum Gasteiger partial charge on any atom is 0.0622 e. The van der Waals surface area contributed by atoms with Crippen LogP contribution in [0, 0.1) is 11.3 Å². The van der Waals surface area contributed by atoms with Crippen molar-refractivity contribution in [2.45, 2.75) is 79.2 Å². The Morgan fingerprint density at radius 2 is 1.94 bits per heavy atom. The molecule has 1 nitrogen and oxygen atoms in total. The van der Waals surface area contributed by atoms with Gasteiger partial charge in [-0.25, -0.2) is 0 Å². The summed E-state index contributed by atoms with van der Waals surface area (Å²) in [6.45, 7) is 8.68. The van der Waals surface area contributed by atoms with E-state index in [1.54, 1.807) is 11.1 Å². The molecule has 100 valence electrons. The first-order chi connectivity index (χ1) is 7.33. The van der Waals surface area contributed by atoms with Crippen molar-refractivity contribution < 1.29 is 5.11 Å². The van der Waals surface area contributed by atoms with Crippen molar-refractivity contribution in [1.29, 1.82) is 0 Å². The van der Waals surface area contributed by atoms with E-state index in [-0.39, 0.29) is 7.43 Å². The Labute approximate surface area is 107 Å². The first kappa shape index (κ1) is 14.8. The van der Waals surface area contributed by atoms with Crippen LogP contribution in [0.1, 0.15) is 73.6 Å². The van der Waals surface area contributed by atoms with Crippen molar-refractivity contribution in [3.8, 4) is 0 Å².